The Labute approximate surface area is 375 Å². The Hall–Kier alpha value is -7.30. The van der Waals surface area contributed by atoms with Gasteiger partial charge in [-0.15, -0.1) is 0 Å². The number of aryl methyl sites for hydroxylation is 4. The van der Waals surface area contributed by atoms with Crippen LogP contribution in [0.2, 0.25) is 0 Å². The molecule has 2 heterocycles. The Morgan fingerprint density at radius 3 is 0.953 bits per heavy atom. The van der Waals surface area contributed by atoms with Crippen LogP contribution in [-0.4, -0.2) is 0 Å². The first-order valence-electron chi connectivity index (χ1n) is 22.6. The number of nitrogens with zero attached hydrogens (tertiary/aromatic N) is 2. The summed E-state index contributed by atoms with van der Waals surface area (Å²) in [5.41, 5.74) is 17.7. The number of anilines is 6. The number of fused-ring (bicyclic) bond motifs is 8. The van der Waals surface area contributed by atoms with E-state index in [4.69, 9.17) is 8.83 Å². The van der Waals surface area contributed by atoms with E-state index in [1.165, 1.54) is 49.4 Å². The summed E-state index contributed by atoms with van der Waals surface area (Å²) in [5.74, 6) is 0.364. The summed E-state index contributed by atoms with van der Waals surface area (Å²) >= 11 is 0. The van der Waals surface area contributed by atoms with E-state index in [0.717, 1.165) is 83.6 Å². The van der Waals surface area contributed by atoms with E-state index in [9.17, 15) is 0 Å². The van der Waals surface area contributed by atoms with E-state index >= 15 is 0 Å². The molecule has 314 valence electrons. The zero-order chi connectivity index (χ0) is 44.0. The van der Waals surface area contributed by atoms with Crippen LogP contribution >= 0.6 is 0 Å². The van der Waals surface area contributed by atoms with Gasteiger partial charge in [-0.2, -0.15) is 0 Å². The molecule has 4 nitrogen and oxygen atoms in total. The summed E-state index contributed by atoms with van der Waals surface area (Å²) in [6, 6.07) is 57.9. The molecule has 0 radical (unpaired) electrons. The molecule has 0 bridgehead atoms. The van der Waals surface area contributed by atoms with Crippen molar-refractivity contribution in [3.05, 3.63) is 191 Å². The molecule has 0 fully saturated rings. The Morgan fingerprint density at radius 1 is 0.328 bits per heavy atom. The summed E-state index contributed by atoms with van der Waals surface area (Å²) in [5, 5.41) is 9.29. The molecule has 0 aliphatic heterocycles. The third-order valence-electron chi connectivity index (χ3n) is 13.1. The second kappa shape index (κ2) is 15.2. The van der Waals surface area contributed by atoms with Crippen LogP contribution in [0.15, 0.2) is 167 Å². The SMILES string of the molecule is Cc1ccc(N(c2ccc(C)cc2)c2ccc3cc4c(cc3c2)oc2c(C(C)C)c3oc5cc6cc(N(c7ccc(C)cc7)c7ccc(C)cc7)ccc6cc5c3c(C(C)C)c24)cc1. The van der Waals surface area contributed by atoms with E-state index < -0.39 is 0 Å². The van der Waals surface area contributed by atoms with E-state index in [1.54, 1.807) is 0 Å². The zero-order valence-electron chi connectivity index (χ0n) is 37.9. The van der Waals surface area contributed by atoms with Crippen LogP contribution in [0.25, 0.3) is 65.4 Å². The number of furan rings is 2. The standard InChI is InChI=1S/C60H52N2O2/c1-35(2)55-57-51-31-41-17-27-49(61(45-19-9-37(5)10-20-45)46-21-11-38(6)12-22-46)29-43(41)33-53(51)63-59(57)56(36(3)4)60-58(55)52-32-42-18-28-50(30-44(42)34-54(52)64-60)62(47-23-13-39(7)14-24-47)48-25-15-40(8)16-26-48/h9-36H,1-8H3. The van der Waals surface area contributed by atoms with Gasteiger partial charge in [-0.1, -0.05) is 111 Å². The van der Waals surface area contributed by atoms with Gasteiger partial charge in [0.05, 0.1) is 0 Å². The first-order chi connectivity index (χ1) is 31.0. The van der Waals surface area contributed by atoms with Gasteiger partial charge >= 0.3 is 0 Å². The van der Waals surface area contributed by atoms with Crippen LogP contribution in [0.1, 0.15) is 72.9 Å². The monoisotopic (exact) mass is 832 g/mol. The predicted octanol–water partition coefficient (Wildman–Crippen LogP) is 18.2. The molecule has 0 spiro atoms. The van der Waals surface area contributed by atoms with Crippen molar-refractivity contribution in [2.75, 3.05) is 9.80 Å². The molecule has 0 aliphatic carbocycles. The summed E-state index contributed by atoms with van der Waals surface area (Å²) < 4.78 is 14.2. The first-order valence-corrected chi connectivity index (χ1v) is 22.6. The van der Waals surface area contributed by atoms with Crippen molar-refractivity contribution in [2.24, 2.45) is 0 Å². The normalized spacial score (nSPS) is 12.0. The van der Waals surface area contributed by atoms with Crippen molar-refractivity contribution in [1.29, 1.82) is 0 Å². The van der Waals surface area contributed by atoms with Crippen LogP contribution in [0.4, 0.5) is 34.1 Å². The Balaban J connectivity index is 1.09. The smallest absolute Gasteiger partial charge is 0.142 e. The van der Waals surface area contributed by atoms with Crippen LogP contribution < -0.4 is 9.80 Å². The van der Waals surface area contributed by atoms with Gasteiger partial charge in [0.25, 0.3) is 0 Å². The molecule has 2 aromatic heterocycles. The summed E-state index contributed by atoms with van der Waals surface area (Å²) in [4.78, 5) is 4.67. The van der Waals surface area contributed by atoms with Gasteiger partial charge in [0, 0.05) is 61.2 Å². The lowest BCUT2D eigenvalue weighted by atomic mass is 9.87. The van der Waals surface area contributed by atoms with Crippen LogP contribution in [0.5, 0.6) is 0 Å². The molecule has 9 aromatic carbocycles. The number of benzene rings is 9. The van der Waals surface area contributed by atoms with Gasteiger partial charge in [0.15, 0.2) is 0 Å². The third-order valence-corrected chi connectivity index (χ3v) is 13.1. The fourth-order valence-electron chi connectivity index (χ4n) is 9.85. The van der Waals surface area contributed by atoms with Crippen molar-refractivity contribution >= 4 is 99.5 Å². The lowest BCUT2D eigenvalue weighted by Gasteiger charge is -2.26. The Bertz CT molecular complexity index is 3250. The van der Waals surface area contributed by atoms with E-state index in [0.29, 0.717) is 0 Å². The maximum atomic E-state index is 7.08. The Kier molecular flexibility index (Phi) is 9.39. The lowest BCUT2D eigenvalue weighted by Crippen LogP contribution is -2.09. The fourth-order valence-corrected chi connectivity index (χ4v) is 9.85. The topological polar surface area (TPSA) is 32.8 Å². The molecule has 0 aliphatic rings. The quantitative estimate of drug-likeness (QED) is 0.153. The molecule has 64 heavy (non-hydrogen) atoms. The predicted molar refractivity (Wildman–Crippen MR) is 273 cm³/mol. The van der Waals surface area contributed by atoms with Crippen LogP contribution in [0, 0.1) is 27.7 Å². The maximum Gasteiger partial charge on any atom is 0.142 e. The highest BCUT2D eigenvalue weighted by atomic mass is 16.3. The number of hydrogen-bond donors (Lipinski definition) is 0. The minimum atomic E-state index is 0.157. The molecule has 0 saturated carbocycles. The van der Waals surface area contributed by atoms with Gasteiger partial charge in [-0.05, 0) is 164 Å². The highest BCUT2D eigenvalue weighted by Crippen LogP contribution is 2.49. The van der Waals surface area contributed by atoms with Crippen molar-refractivity contribution < 1.29 is 8.83 Å². The first kappa shape index (κ1) is 39.5. The van der Waals surface area contributed by atoms with E-state index in [-0.39, 0.29) is 11.8 Å². The van der Waals surface area contributed by atoms with Crippen molar-refractivity contribution in [3.8, 4) is 0 Å². The highest BCUT2D eigenvalue weighted by molar-refractivity contribution is 6.23. The Morgan fingerprint density at radius 2 is 0.641 bits per heavy atom. The molecule has 0 N–H and O–H groups in total. The summed E-state index contributed by atoms with van der Waals surface area (Å²) in [6.45, 7) is 17.6. The van der Waals surface area contributed by atoms with Gasteiger partial charge < -0.3 is 18.6 Å². The molecular formula is C60H52N2O2. The minimum Gasteiger partial charge on any atom is -0.456 e. The largest absolute Gasteiger partial charge is 0.456 e. The van der Waals surface area contributed by atoms with Gasteiger partial charge in [-0.25, -0.2) is 0 Å². The van der Waals surface area contributed by atoms with Crippen molar-refractivity contribution in [3.63, 3.8) is 0 Å². The molecular weight excluding hydrogens is 781 g/mol. The molecule has 4 heteroatoms. The van der Waals surface area contributed by atoms with Crippen LogP contribution in [0.3, 0.4) is 0 Å². The fraction of sp³-hybridized carbons (Fsp3) is 0.167. The van der Waals surface area contributed by atoms with Crippen LogP contribution in [-0.2, 0) is 0 Å². The van der Waals surface area contributed by atoms with E-state index in [2.05, 4.69) is 223 Å². The summed E-state index contributed by atoms with van der Waals surface area (Å²) in [7, 11) is 0. The molecule has 0 unspecified atom stereocenters. The molecule has 0 atom stereocenters. The maximum absolute atomic E-state index is 7.08. The average Bonchev–Trinajstić information content (AvgIpc) is 3.83. The molecule has 0 saturated heterocycles. The molecule has 0 amide bonds. The number of rotatable bonds is 8. The zero-order valence-corrected chi connectivity index (χ0v) is 37.9. The van der Waals surface area contributed by atoms with Gasteiger partial charge in [0.2, 0.25) is 0 Å². The lowest BCUT2D eigenvalue weighted by molar-refractivity contribution is 0.637. The molecule has 11 aromatic rings. The van der Waals surface area contributed by atoms with Crippen molar-refractivity contribution in [2.45, 2.75) is 67.2 Å². The second-order valence-corrected chi connectivity index (χ2v) is 18.5. The second-order valence-electron chi connectivity index (χ2n) is 18.5. The highest BCUT2D eigenvalue weighted by Gasteiger charge is 2.28. The average molecular weight is 833 g/mol. The van der Waals surface area contributed by atoms with Gasteiger partial charge in [0.1, 0.15) is 22.3 Å². The summed E-state index contributed by atoms with van der Waals surface area (Å²) in [6.07, 6.45) is 0. The number of hydrogen-bond acceptors (Lipinski definition) is 4. The molecule has 11 rings (SSSR count). The van der Waals surface area contributed by atoms with Gasteiger partial charge in [-0.3, -0.25) is 0 Å². The van der Waals surface area contributed by atoms with Crippen molar-refractivity contribution in [1.82, 2.24) is 0 Å². The minimum absolute atomic E-state index is 0.157. The third kappa shape index (κ3) is 6.59. The van der Waals surface area contributed by atoms with E-state index in [1.807, 2.05) is 0 Å².